The van der Waals surface area contributed by atoms with Gasteiger partial charge in [0.1, 0.15) is 5.82 Å². The third-order valence-electron chi connectivity index (χ3n) is 4.91. The average Bonchev–Trinajstić information content (AvgIpc) is 2.62. The van der Waals surface area contributed by atoms with E-state index in [1.54, 1.807) is 12.1 Å². The normalized spacial score (nSPS) is 12.6. The van der Waals surface area contributed by atoms with Crippen molar-refractivity contribution in [1.82, 2.24) is 0 Å². The molecule has 0 amide bonds. The van der Waals surface area contributed by atoms with E-state index in [0.29, 0.717) is 10.6 Å². The molecule has 0 nitrogen and oxygen atoms in total. The molecule has 0 radical (unpaired) electrons. The molecule has 120 valence electrons. The second-order valence-electron chi connectivity index (χ2n) is 6.31. The molecule has 3 aromatic carbocycles. The first-order valence-electron chi connectivity index (χ1n) is 8.37. The quantitative estimate of drug-likeness (QED) is 0.502. The monoisotopic (exact) mass is 336 g/mol. The molecule has 0 saturated heterocycles. The molecule has 4 rings (SSSR count). The van der Waals surface area contributed by atoms with Crippen LogP contribution in [0.5, 0.6) is 0 Å². The first kappa shape index (κ1) is 15.4. The van der Waals surface area contributed by atoms with E-state index in [1.807, 2.05) is 18.2 Å². The second-order valence-corrected chi connectivity index (χ2v) is 6.74. The van der Waals surface area contributed by atoms with E-state index in [0.717, 1.165) is 36.0 Å². The molecule has 1 aliphatic carbocycles. The van der Waals surface area contributed by atoms with E-state index < -0.39 is 0 Å². The van der Waals surface area contributed by atoms with Gasteiger partial charge in [0.05, 0.1) is 0 Å². The minimum atomic E-state index is -0.0972. The molecule has 0 bridgehead atoms. The molecule has 0 N–H and O–H groups in total. The van der Waals surface area contributed by atoms with Crippen molar-refractivity contribution < 1.29 is 4.39 Å². The lowest BCUT2D eigenvalue weighted by molar-refractivity contribution is 0.611. The van der Waals surface area contributed by atoms with Crippen LogP contribution in [0, 0.1) is 5.82 Å². The summed E-state index contributed by atoms with van der Waals surface area (Å²) in [6.07, 6.45) is 2.68. The fourth-order valence-corrected chi connectivity index (χ4v) is 3.69. The molecular weight excluding hydrogens is 319 g/mol. The van der Waals surface area contributed by atoms with Gasteiger partial charge in [0.2, 0.25) is 0 Å². The molecule has 0 unspecified atom stereocenters. The van der Waals surface area contributed by atoms with Crippen molar-refractivity contribution in [3.8, 4) is 22.3 Å². The Morgan fingerprint density at radius 1 is 0.875 bits per heavy atom. The minimum Gasteiger partial charge on any atom is -0.206 e. The molecular formula is C22H18ClF. The standard InChI is InChI=1S/C22H18ClF/c1-2-14-3-9-18-16(13-14)6-10-21-20(18)12-11-19(22(21)24)15-4-7-17(23)8-5-15/h3-5,7-9,11-13H,2,6,10H2,1H3. The van der Waals surface area contributed by atoms with E-state index in [4.69, 9.17) is 11.6 Å². The molecule has 0 saturated carbocycles. The number of hydrogen-bond acceptors (Lipinski definition) is 0. The van der Waals surface area contributed by atoms with Crippen molar-refractivity contribution >= 4 is 11.6 Å². The van der Waals surface area contributed by atoms with Gasteiger partial charge in [0.15, 0.2) is 0 Å². The van der Waals surface area contributed by atoms with Gasteiger partial charge in [-0.2, -0.15) is 0 Å². The van der Waals surface area contributed by atoms with Crippen LogP contribution >= 0.6 is 11.6 Å². The summed E-state index contributed by atoms with van der Waals surface area (Å²) in [6.45, 7) is 2.16. The maximum Gasteiger partial charge on any atom is 0.134 e. The molecule has 0 heterocycles. The third kappa shape index (κ3) is 2.53. The lowest BCUT2D eigenvalue weighted by Crippen LogP contribution is -2.07. The lowest BCUT2D eigenvalue weighted by Gasteiger charge is -2.22. The Kier molecular flexibility index (Phi) is 3.90. The van der Waals surface area contributed by atoms with Crippen molar-refractivity contribution in [3.05, 3.63) is 82.1 Å². The zero-order valence-corrected chi connectivity index (χ0v) is 14.3. The van der Waals surface area contributed by atoms with E-state index in [9.17, 15) is 0 Å². The SMILES string of the molecule is CCc1ccc2c(c1)CCc1c-2ccc(-c2ccc(Cl)cc2)c1F. The van der Waals surface area contributed by atoms with Crippen molar-refractivity contribution in [1.29, 1.82) is 0 Å². The van der Waals surface area contributed by atoms with Crippen molar-refractivity contribution in [3.63, 3.8) is 0 Å². The van der Waals surface area contributed by atoms with E-state index in [1.165, 1.54) is 16.7 Å². The molecule has 3 aromatic rings. The Bertz CT molecular complexity index is 910. The van der Waals surface area contributed by atoms with Crippen molar-refractivity contribution in [2.45, 2.75) is 26.2 Å². The molecule has 0 fully saturated rings. The third-order valence-corrected chi connectivity index (χ3v) is 5.16. The van der Waals surface area contributed by atoms with E-state index in [2.05, 4.69) is 31.2 Å². The van der Waals surface area contributed by atoms with Gasteiger partial charge in [0, 0.05) is 10.6 Å². The minimum absolute atomic E-state index is 0.0972. The number of fused-ring (bicyclic) bond motifs is 3. The highest BCUT2D eigenvalue weighted by Crippen LogP contribution is 2.38. The van der Waals surface area contributed by atoms with Crippen LogP contribution in [0.25, 0.3) is 22.3 Å². The van der Waals surface area contributed by atoms with Gasteiger partial charge in [0.25, 0.3) is 0 Å². The summed E-state index contributed by atoms with van der Waals surface area (Å²) in [6, 6.07) is 17.9. The highest BCUT2D eigenvalue weighted by Gasteiger charge is 2.21. The second kappa shape index (κ2) is 6.07. The maximum atomic E-state index is 15.1. The molecule has 0 aliphatic heterocycles. The summed E-state index contributed by atoms with van der Waals surface area (Å²) in [5.74, 6) is -0.0972. The summed E-state index contributed by atoms with van der Waals surface area (Å²) >= 11 is 5.94. The number of aryl methyl sites for hydroxylation is 2. The first-order valence-corrected chi connectivity index (χ1v) is 8.74. The summed E-state index contributed by atoms with van der Waals surface area (Å²) in [5.41, 5.74) is 7.24. The highest BCUT2D eigenvalue weighted by atomic mass is 35.5. The van der Waals surface area contributed by atoms with Gasteiger partial charge in [-0.05, 0) is 64.8 Å². The van der Waals surface area contributed by atoms with E-state index >= 15 is 4.39 Å². The number of halogens is 2. The molecule has 0 spiro atoms. The fraction of sp³-hybridized carbons (Fsp3) is 0.182. The fourth-order valence-electron chi connectivity index (χ4n) is 3.57. The molecule has 1 aliphatic rings. The van der Waals surface area contributed by atoms with Crippen LogP contribution in [-0.2, 0) is 19.3 Å². The summed E-state index contributed by atoms with van der Waals surface area (Å²) in [5, 5.41) is 0.665. The Labute approximate surface area is 146 Å². The first-order chi connectivity index (χ1) is 11.7. The van der Waals surface area contributed by atoms with Gasteiger partial charge in [-0.3, -0.25) is 0 Å². The highest BCUT2D eigenvalue weighted by molar-refractivity contribution is 6.30. The lowest BCUT2D eigenvalue weighted by atomic mass is 9.83. The average molecular weight is 337 g/mol. The zero-order valence-electron chi connectivity index (χ0n) is 13.6. The number of benzene rings is 3. The predicted octanol–water partition coefficient (Wildman–Crippen LogP) is 6.47. The molecule has 0 atom stereocenters. The summed E-state index contributed by atoms with van der Waals surface area (Å²) < 4.78 is 15.1. The van der Waals surface area contributed by atoms with Crippen molar-refractivity contribution in [2.75, 3.05) is 0 Å². The Morgan fingerprint density at radius 2 is 1.58 bits per heavy atom. The van der Waals surface area contributed by atoms with Gasteiger partial charge in [-0.15, -0.1) is 0 Å². The Morgan fingerprint density at radius 3 is 2.33 bits per heavy atom. The summed E-state index contributed by atoms with van der Waals surface area (Å²) in [4.78, 5) is 0. The largest absolute Gasteiger partial charge is 0.206 e. The van der Waals surface area contributed by atoms with Crippen molar-refractivity contribution in [2.24, 2.45) is 0 Å². The van der Waals surface area contributed by atoms with Crippen LogP contribution < -0.4 is 0 Å². The van der Waals surface area contributed by atoms with Gasteiger partial charge in [-0.1, -0.05) is 61.0 Å². The Hall–Kier alpha value is -2.12. The Balaban J connectivity index is 1.84. The topological polar surface area (TPSA) is 0 Å². The van der Waals surface area contributed by atoms with Crippen LogP contribution in [0.1, 0.15) is 23.6 Å². The van der Waals surface area contributed by atoms with Crippen LogP contribution in [0.3, 0.4) is 0 Å². The molecule has 24 heavy (non-hydrogen) atoms. The van der Waals surface area contributed by atoms with Crippen LogP contribution in [-0.4, -0.2) is 0 Å². The van der Waals surface area contributed by atoms with E-state index in [-0.39, 0.29) is 5.82 Å². The summed E-state index contributed by atoms with van der Waals surface area (Å²) in [7, 11) is 0. The zero-order chi connectivity index (χ0) is 16.7. The van der Waals surface area contributed by atoms with Gasteiger partial charge >= 0.3 is 0 Å². The number of hydrogen-bond donors (Lipinski definition) is 0. The predicted molar refractivity (Wildman–Crippen MR) is 99.1 cm³/mol. The van der Waals surface area contributed by atoms with Crippen LogP contribution in [0.4, 0.5) is 4.39 Å². The maximum absolute atomic E-state index is 15.1. The van der Waals surface area contributed by atoms with Gasteiger partial charge in [-0.25, -0.2) is 4.39 Å². The van der Waals surface area contributed by atoms with Crippen LogP contribution in [0.2, 0.25) is 5.02 Å². The van der Waals surface area contributed by atoms with Crippen LogP contribution in [0.15, 0.2) is 54.6 Å². The molecule has 0 aromatic heterocycles. The smallest absolute Gasteiger partial charge is 0.134 e. The molecule has 2 heteroatoms. The van der Waals surface area contributed by atoms with Gasteiger partial charge < -0.3 is 0 Å². The number of rotatable bonds is 2.